The minimum Gasteiger partial charge on any atom is -0.465 e. The summed E-state index contributed by atoms with van der Waals surface area (Å²) in [6.45, 7) is 5.01. The van der Waals surface area contributed by atoms with Gasteiger partial charge in [-0.25, -0.2) is 4.39 Å². The van der Waals surface area contributed by atoms with Crippen molar-refractivity contribution in [1.82, 2.24) is 0 Å². The molecule has 1 rings (SSSR count). The second-order valence-corrected chi connectivity index (χ2v) is 5.30. The highest BCUT2D eigenvalue weighted by Crippen LogP contribution is 2.32. The second kappa shape index (κ2) is 6.55. The number of carbonyl (C=O) groups is 2. The number of hydrogen-bond acceptors (Lipinski definition) is 3. The maximum atomic E-state index is 13.4. The van der Waals surface area contributed by atoms with Crippen LogP contribution in [0.4, 0.5) is 4.39 Å². The minimum atomic E-state index is -1.35. The Balaban J connectivity index is 3.24. The van der Waals surface area contributed by atoms with E-state index in [2.05, 4.69) is 0 Å². The molecule has 0 amide bonds. The smallest absolute Gasteiger partial charge is 0.319 e. The molecule has 0 aliphatic carbocycles. The highest BCUT2D eigenvalue weighted by atomic mass is 35.5. The number of benzene rings is 1. The molecule has 0 aliphatic rings. The summed E-state index contributed by atoms with van der Waals surface area (Å²) < 4.78 is 18.3. The molecule has 0 heterocycles. The van der Waals surface area contributed by atoms with Crippen molar-refractivity contribution >= 4 is 35.0 Å². The van der Waals surface area contributed by atoms with E-state index in [9.17, 15) is 14.0 Å². The SMILES string of the molecule is CCOC(=O)C(C)(CC)C(=O)c1cc(Cl)c(F)c(Cl)c1. The Hall–Kier alpha value is -1.13. The van der Waals surface area contributed by atoms with E-state index in [1.807, 2.05) is 0 Å². The zero-order valence-corrected chi connectivity index (χ0v) is 12.9. The van der Waals surface area contributed by atoms with Gasteiger partial charge in [0.05, 0.1) is 16.7 Å². The first kappa shape index (κ1) is 16.9. The molecule has 0 saturated carbocycles. The van der Waals surface area contributed by atoms with Crippen LogP contribution < -0.4 is 0 Å². The van der Waals surface area contributed by atoms with Gasteiger partial charge in [-0.15, -0.1) is 0 Å². The number of hydrogen-bond donors (Lipinski definition) is 0. The summed E-state index contributed by atoms with van der Waals surface area (Å²) in [4.78, 5) is 24.5. The van der Waals surface area contributed by atoms with Crippen molar-refractivity contribution in [2.24, 2.45) is 5.41 Å². The average molecular weight is 321 g/mol. The number of ketones is 1. The van der Waals surface area contributed by atoms with Crippen LogP contribution in [0.3, 0.4) is 0 Å². The van der Waals surface area contributed by atoms with Crippen molar-refractivity contribution in [3.8, 4) is 0 Å². The Morgan fingerprint density at radius 1 is 1.25 bits per heavy atom. The predicted molar refractivity (Wildman–Crippen MR) is 75.8 cm³/mol. The Bertz CT molecular complexity index is 522. The third-order valence-corrected chi connectivity index (χ3v) is 3.73. The normalized spacial score (nSPS) is 13.7. The minimum absolute atomic E-state index is 0.0822. The summed E-state index contributed by atoms with van der Waals surface area (Å²) in [7, 11) is 0. The average Bonchev–Trinajstić information content (AvgIpc) is 2.42. The Labute approximate surface area is 127 Å². The molecule has 6 heteroatoms. The summed E-state index contributed by atoms with van der Waals surface area (Å²) in [5.74, 6) is -1.91. The fourth-order valence-corrected chi connectivity index (χ4v) is 2.18. The van der Waals surface area contributed by atoms with Gasteiger partial charge < -0.3 is 4.74 Å². The highest BCUT2D eigenvalue weighted by Gasteiger charge is 2.41. The van der Waals surface area contributed by atoms with Gasteiger partial charge in [0.2, 0.25) is 0 Å². The van der Waals surface area contributed by atoms with Crippen LogP contribution in [-0.4, -0.2) is 18.4 Å². The van der Waals surface area contributed by atoms with Crippen LogP contribution in [0.15, 0.2) is 12.1 Å². The molecule has 0 aromatic heterocycles. The standard InChI is InChI=1S/C14H15Cl2FO3/c1-4-14(3,13(19)20-5-2)12(18)8-6-9(15)11(17)10(16)7-8/h6-7H,4-5H2,1-3H3. The van der Waals surface area contributed by atoms with Crippen LogP contribution in [0.25, 0.3) is 0 Å². The van der Waals surface area contributed by atoms with Crippen molar-refractivity contribution < 1.29 is 18.7 Å². The van der Waals surface area contributed by atoms with E-state index in [0.717, 1.165) is 12.1 Å². The molecule has 3 nitrogen and oxygen atoms in total. The summed E-state index contributed by atoms with van der Waals surface area (Å²) >= 11 is 11.3. The largest absolute Gasteiger partial charge is 0.465 e. The van der Waals surface area contributed by atoms with E-state index in [1.54, 1.807) is 13.8 Å². The van der Waals surface area contributed by atoms with Gasteiger partial charge >= 0.3 is 5.97 Å². The van der Waals surface area contributed by atoms with Crippen LogP contribution in [0.1, 0.15) is 37.6 Å². The van der Waals surface area contributed by atoms with Gasteiger partial charge in [0.1, 0.15) is 5.41 Å². The van der Waals surface area contributed by atoms with Crippen molar-refractivity contribution in [2.45, 2.75) is 27.2 Å². The maximum absolute atomic E-state index is 13.4. The monoisotopic (exact) mass is 320 g/mol. The zero-order valence-electron chi connectivity index (χ0n) is 11.4. The molecule has 1 aromatic rings. The van der Waals surface area contributed by atoms with E-state index in [1.165, 1.54) is 6.92 Å². The van der Waals surface area contributed by atoms with Crippen LogP contribution >= 0.6 is 23.2 Å². The Morgan fingerprint density at radius 3 is 2.15 bits per heavy atom. The van der Waals surface area contributed by atoms with Crippen LogP contribution in [0, 0.1) is 11.2 Å². The molecule has 0 radical (unpaired) electrons. The van der Waals surface area contributed by atoms with Gasteiger partial charge in [-0.2, -0.15) is 0 Å². The van der Waals surface area contributed by atoms with Gasteiger partial charge in [0, 0.05) is 5.56 Å². The lowest BCUT2D eigenvalue weighted by Gasteiger charge is -2.24. The van der Waals surface area contributed by atoms with Crippen molar-refractivity contribution in [2.75, 3.05) is 6.61 Å². The highest BCUT2D eigenvalue weighted by molar-refractivity contribution is 6.35. The molecule has 1 aromatic carbocycles. The fraction of sp³-hybridized carbons (Fsp3) is 0.429. The van der Waals surface area contributed by atoms with Crippen molar-refractivity contribution in [1.29, 1.82) is 0 Å². The maximum Gasteiger partial charge on any atom is 0.319 e. The van der Waals surface area contributed by atoms with Gasteiger partial charge in [-0.1, -0.05) is 30.1 Å². The summed E-state index contributed by atoms with van der Waals surface area (Å²) in [5, 5.41) is -0.522. The van der Waals surface area contributed by atoms with E-state index in [4.69, 9.17) is 27.9 Å². The van der Waals surface area contributed by atoms with E-state index < -0.39 is 23.0 Å². The van der Waals surface area contributed by atoms with Crippen LogP contribution in [0.2, 0.25) is 10.0 Å². The molecule has 0 bridgehead atoms. The van der Waals surface area contributed by atoms with Crippen LogP contribution in [0.5, 0.6) is 0 Å². The van der Waals surface area contributed by atoms with Crippen LogP contribution in [-0.2, 0) is 9.53 Å². The molecule has 1 unspecified atom stereocenters. The first-order valence-electron chi connectivity index (χ1n) is 6.14. The van der Waals surface area contributed by atoms with Crippen molar-refractivity contribution in [3.63, 3.8) is 0 Å². The number of esters is 1. The fourth-order valence-electron chi connectivity index (χ4n) is 1.69. The molecular formula is C14H15Cl2FO3. The first-order chi connectivity index (χ1) is 9.27. The number of rotatable bonds is 5. The van der Waals surface area contributed by atoms with Gasteiger partial charge in [0.15, 0.2) is 11.6 Å². The lowest BCUT2D eigenvalue weighted by Crippen LogP contribution is -2.37. The molecule has 0 N–H and O–H groups in total. The number of Topliss-reactive ketones (excluding diaryl/α,β-unsaturated/α-hetero) is 1. The van der Waals surface area contributed by atoms with Gasteiger partial charge in [-0.05, 0) is 32.4 Å². The van der Waals surface area contributed by atoms with Gasteiger partial charge in [-0.3, -0.25) is 9.59 Å². The molecule has 0 fully saturated rings. The topological polar surface area (TPSA) is 43.4 Å². The quantitative estimate of drug-likeness (QED) is 0.352. The van der Waals surface area contributed by atoms with Gasteiger partial charge in [0.25, 0.3) is 0 Å². The zero-order chi connectivity index (χ0) is 15.5. The predicted octanol–water partition coefficient (Wildman–Crippen LogP) is 4.29. The second-order valence-electron chi connectivity index (χ2n) is 4.49. The lowest BCUT2D eigenvalue weighted by molar-refractivity contribution is -0.151. The molecule has 110 valence electrons. The first-order valence-corrected chi connectivity index (χ1v) is 6.90. The molecule has 0 saturated heterocycles. The number of ether oxygens (including phenoxy) is 1. The van der Waals surface area contributed by atoms with E-state index in [-0.39, 0.29) is 28.6 Å². The van der Waals surface area contributed by atoms with Crippen molar-refractivity contribution in [3.05, 3.63) is 33.6 Å². The molecule has 1 atom stereocenters. The molecule has 0 spiro atoms. The summed E-state index contributed by atoms with van der Waals surface area (Å²) in [5.41, 5.74) is -1.26. The number of halogens is 3. The third kappa shape index (κ3) is 3.13. The van der Waals surface area contributed by atoms with E-state index in [0.29, 0.717) is 0 Å². The molecule has 20 heavy (non-hydrogen) atoms. The summed E-state index contributed by atoms with van der Waals surface area (Å²) in [6, 6.07) is 2.33. The van der Waals surface area contributed by atoms with E-state index >= 15 is 0 Å². The Kier molecular flexibility index (Phi) is 5.54. The third-order valence-electron chi connectivity index (χ3n) is 3.18. The Morgan fingerprint density at radius 2 is 1.75 bits per heavy atom. The molecule has 0 aliphatic heterocycles. The number of carbonyl (C=O) groups excluding carboxylic acids is 2. The summed E-state index contributed by atoms with van der Waals surface area (Å²) in [6.07, 6.45) is 0.247. The molecular weight excluding hydrogens is 306 g/mol. The lowest BCUT2D eigenvalue weighted by atomic mass is 9.80.